The summed E-state index contributed by atoms with van der Waals surface area (Å²) in [6.45, 7) is 4.16. The predicted molar refractivity (Wildman–Crippen MR) is 138 cm³/mol. The molecule has 8 nitrogen and oxygen atoms in total. The zero-order valence-electron chi connectivity index (χ0n) is 22.0. The molecule has 5 rings (SSSR count). The number of benzene rings is 1. The number of hydrogen-bond donors (Lipinski definition) is 3. The van der Waals surface area contributed by atoms with Gasteiger partial charge in [-0.05, 0) is 37.2 Å². The van der Waals surface area contributed by atoms with Crippen LogP contribution in [0.25, 0.3) is 0 Å². The van der Waals surface area contributed by atoms with E-state index in [-0.39, 0.29) is 42.4 Å². The van der Waals surface area contributed by atoms with E-state index in [0.717, 1.165) is 37.7 Å². The second-order valence-corrected chi connectivity index (χ2v) is 11.5. The van der Waals surface area contributed by atoms with Gasteiger partial charge in [-0.1, -0.05) is 69.9 Å². The van der Waals surface area contributed by atoms with Crippen LogP contribution in [0.5, 0.6) is 0 Å². The molecule has 4 fully saturated rings. The third kappa shape index (κ3) is 4.56. The summed E-state index contributed by atoms with van der Waals surface area (Å²) in [6, 6.07) is 8.43. The molecule has 37 heavy (non-hydrogen) atoms. The van der Waals surface area contributed by atoms with Crippen molar-refractivity contribution in [2.45, 2.75) is 102 Å². The highest BCUT2D eigenvalue weighted by Crippen LogP contribution is 2.59. The number of carbonyl (C=O) groups is 3. The highest BCUT2D eigenvalue weighted by Gasteiger charge is 2.75. The molecule has 2 bridgehead atoms. The Morgan fingerprint density at radius 1 is 1.14 bits per heavy atom. The van der Waals surface area contributed by atoms with Crippen molar-refractivity contribution in [1.82, 2.24) is 15.5 Å². The van der Waals surface area contributed by atoms with Crippen molar-refractivity contribution in [3.8, 4) is 0 Å². The number of carbonyl (C=O) groups excluding carboxylic acids is 3. The van der Waals surface area contributed by atoms with Gasteiger partial charge in [0, 0.05) is 12.6 Å². The molecule has 7 atom stereocenters. The minimum Gasteiger partial charge on any atom is -0.394 e. The van der Waals surface area contributed by atoms with Gasteiger partial charge in [0.2, 0.25) is 17.7 Å². The van der Waals surface area contributed by atoms with Gasteiger partial charge in [0.15, 0.2) is 0 Å². The van der Waals surface area contributed by atoms with Crippen LogP contribution in [0.2, 0.25) is 0 Å². The largest absolute Gasteiger partial charge is 0.394 e. The molecule has 2 unspecified atom stereocenters. The zero-order chi connectivity index (χ0) is 26.2. The molecule has 1 saturated carbocycles. The maximum absolute atomic E-state index is 14.2. The molecule has 1 aromatic carbocycles. The summed E-state index contributed by atoms with van der Waals surface area (Å²) < 4.78 is 6.54. The van der Waals surface area contributed by atoms with Gasteiger partial charge in [0.1, 0.15) is 11.6 Å². The number of amides is 3. The quantitative estimate of drug-likeness (QED) is 0.472. The number of aliphatic hydroxyl groups is 1. The van der Waals surface area contributed by atoms with E-state index in [0.29, 0.717) is 19.4 Å². The molecule has 0 aromatic heterocycles. The fraction of sp³-hybridized carbons (Fsp3) is 0.690. The molecule has 202 valence electrons. The van der Waals surface area contributed by atoms with Gasteiger partial charge in [0.25, 0.3) is 0 Å². The maximum Gasteiger partial charge on any atom is 0.246 e. The first kappa shape index (κ1) is 26.2. The lowest BCUT2D eigenvalue weighted by atomic mass is 9.70. The molecule has 0 radical (unpaired) electrons. The Labute approximate surface area is 219 Å². The predicted octanol–water partition coefficient (Wildman–Crippen LogP) is 2.53. The van der Waals surface area contributed by atoms with Crippen molar-refractivity contribution in [2.75, 3.05) is 6.61 Å². The molecule has 3 heterocycles. The van der Waals surface area contributed by atoms with Gasteiger partial charge in [-0.2, -0.15) is 0 Å². The molecule has 1 aliphatic carbocycles. The average molecular weight is 512 g/mol. The minimum atomic E-state index is -1.03. The van der Waals surface area contributed by atoms with Crippen molar-refractivity contribution in [1.29, 1.82) is 0 Å². The topological polar surface area (TPSA) is 108 Å². The average Bonchev–Trinajstić information content (AvgIpc) is 3.56. The minimum absolute atomic E-state index is 0.00304. The molecule has 1 aromatic rings. The number of rotatable bonds is 9. The van der Waals surface area contributed by atoms with Crippen LogP contribution in [0.3, 0.4) is 0 Å². The fourth-order valence-electron chi connectivity index (χ4n) is 7.29. The fourth-order valence-corrected chi connectivity index (χ4v) is 7.29. The number of nitrogens with one attached hydrogen (secondary N) is 2. The third-order valence-corrected chi connectivity index (χ3v) is 9.40. The van der Waals surface area contributed by atoms with Crippen LogP contribution < -0.4 is 10.6 Å². The Balaban J connectivity index is 1.44. The first-order valence-electron chi connectivity index (χ1n) is 14.1. The Kier molecular flexibility index (Phi) is 7.59. The second-order valence-electron chi connectivity index (χ2n) is 11.5. The summed E-state index contributed by atoms with van der Waals surface area (Å²) in [4.78, 5) is 43.2. The van der Waals surface area contributed by atoms with Crippen LogP contribution in [-0.4, -0.2) is 64.2 Å². The number of aliphatic hydroxyl groups excluding tert-OH is 1. The molecule has 3 saturated heterocycles. The van der Waals surface area contributed by atoms with E-state index in [9.17, 15) is 19.5 Å². The van der Waals surface area contributed by atoms with Crippen molar-refractivity contribution < 1.29 is 24.2 Å². The summed E-state index contributed by atoms with van der Waals surface area (Å²) in [5.41, 5.74) is -0.0493. The summed E-state index contributed by atoms with van der Waals surface area (Å²) in [7, 11) is 0. The number of nitrogens with zero attached hydrogens (tertiary/aromatic N) is 1. The molecular formula is C29H41N3O5. The van der Waals surface area contributed by atoms with Crippen molar-refractivity contribution in [3.05, 3.63) is 35.9 Å². The van der Waals surface area contributed by atoms with Gasteiger partial charge in [-0.3, -0.25) is 14.4 Å². The molecule has 3 amide bonds. The lowest BCUT2D eigenvalue weighted by Crippen LogP contribution is -2.60. The summed E-state index contributed by atoms with van der Waals surface area (Å²) in [5, 5.41) is 16.6. The summed E-state index contributed by atoms with van der Waals surface area (Å²) >= 11 is 0. The van der Waals surface area contributed by atoms with Crippen LogP contribution in [0.4, 0.5) is 0 Å². The van der Waals surface area contributed by atoms with E-state index < -0.39 is 29.5 Å². The normalized spacial score (nSPS) is 32.7. The molecule has 8 heteroatoms. The van der Waals surface area contributed by atoms with Gasteiger partial charge >= 0.3 is 0 Å². The van der Waals surface area contributed by atoms with E-state index in [1.165, 1.54) is 6.42 Å². The zero-order valence-corrected chi connectivity index (χ0v) is 22.0. The van der Waals surface area contributed by atoms with Gasteiger partial charge in [-0.15, -0.1) is 0 Å². The Morgan fingerprint density at radius 2 is 1.86 bits per heavy atom. The number of hydrogen-bond acceptors (Lipinski definition) is 5. The first-order valence-corrected chi connectivity index (χ1v) is 14.1. The highest BCUT2D eigenvalue weighted by atomic mass is 16.5. The Hall–Kier alpha value is -2.45. The standard InChI is InChI=1S/C29H41N3O5/c1-3-18(2)21(17-33)32-25(27(35)31-20-12-8-5-9-13-20)29-15-14-22(37-29)23(24(29)28(32)36)26(34)30-16-19-10-6-4-7-11-19/h4,6-7,10-11,18,20-25,33H,3,5,8-9,12-17H2,1-2H3,(H,30,34)(H,31,35)/t18-,21-,22-,23+,24-,25?,29?/m0/s1. The van der Waals surface area contributed by atoms with E-state index in [2.05, 4.69) is 10.6 Å². The maximum atomic E-state index is 14.2. The van der Waals surface area contributed by atoms with E-state index in [4.69, 9.17) is 4.74 Å². The molecule has 1 spiro atoms. The van der Waals surface area contributed by atoms with Crippen LogP contribution in [0, 0.1) is 17.8 Å². The van der Waals surface area contributed by atoms with Crippen LogP contribution in [-0.2, 0) is 25.7 Å². The molecule has 3 N–H and O–H groups in total. The molecule has 3 aliphatic heterocycles. The molecule has 4 aliphatic rings. The number of likely N-dealkylation sites (tertiary alicyclic amines) is 1. The second kappa shape index (κ2) is 10.7. The summed E-state index contributed by atoms with van der Waals surface area (Å²) in [5.74, 6) is -2.00. The van der Waals surface area contributed by atoms with Crippen molar-refractivity contribution >= 4 is 17.7 Å². The first-order chi connectivity index (χ1) is 17.9. The monoisotopic (exact) mass is 511 g/mol. The van der Waals surface area contributed by atoms with E-state index in [1.54, 1.807) is 4.90 Å². The third-order valence-electron chi connectivity index (χ3n) is 9.40. The number of ether oxygens (including phenoxy) is 1. The lowest BCUT2D eigenvalue weighted by Gasteiger charge is -2.39. The van der Waals surface area contributed by atoms with E-state index >= 15 is 0 Å². The van der Waals surface area contributed by atoms with Crippen LogP contribution in [0.1, 0.15) is 70.8 Å². The number of fused-ring (bicyclic) bond motifs is 1. The van der Waals surface area contributed by atoms with Crippen molar-refractivity contribution in [2.24, 2.45) is 17.8 Å². The highest BCUT2D eigenvalue weighted by molar-refractivity contribution is 5.99. The van der Waals surface area contributed by atoms with E-state index in [1.807, 2.05) is 44.2 Å². The SMILES string of the molecule is CC[C@H](C)[C@H](CO)N1C(=O)[C@@H]2[C@H](C(=O)NCc3ccccc3)[C@@H]3CCC2(O3)C1C(=O)NC1CCCCC1. The molecular weight excluding hydrogens is 470 g/mol. The summed E-state index contributed by atoms with van der Waals surface area (Å²) in [6.07, 6.45) is 6.80. The van der Waals surface area contributed by atoms with Gasteiger partial charge < -0.3 is 25.4 Å². The smallest absolute Gasteiger partial charge is 0.246 e. The lowest BCUT2D eigenvalue weighted by molar-refractivity contribution is -0.147. The Morgan fingerprint density at radius 3 is 2.54 bits per heavy atom. The van der Waals surface area contributed by atoms with Gasteiger partial charge in [0.05, 0.1) is 30.6 Å². The van der Waals surface area contributed by atoms with Crippen LogP contribution >= 0.6 is 0 Å². The van der Waals surface area contributed by atoms with Crippen molar-refractivity contribution in [3.63, 3.8) is 0 Å². The van der Waals surface area contributed by atoms with Crippen LogP contribution in [0.15, 0.2) is 30.3 Å². The van der Waals surface area contributed by atoms with Gasteiger partial charge in [-0.25, -0.2) is 0 Å². The Bertz CT molecular complexity index is 997.